The van der Waals surface area contributed by atoms with E-state index in [-0.39, 0.29) is 23.7 Å². The molecule has 3 aromatic carbocycles. The van der Waals surface area contributed by atoms with Gasteiger partial charge in [-0.3, -0.25) is 4.79 Å². The van der Waals surface area contributed by atoms with Crippen molar-refractivity contribution in [1.29, 1.82) is 0 Å². The van der Waals surface area contributed by atoms with Crippen molar-refractivity contribution in [3.05, 3.63) is 95.0 Å². The molecule has 0 aliphatic rings. The van der Waals surface area contributed by atoms with Crippen molar-refractivity contribution in [3.63, 3.8) is 0 Å². The van der Waals surface area contributed by atoms with Crippen LogP contribution in [0.2, 0.25) is 0 Å². The predicted molar refractivity (Wildman–Crippen MR) is 130 cm³/mol. The maximum absolute atomic E-state index is 13.4. The molecule has 0 aliphatic heterocycles. The number of fused-ring (bicyclic) bond motifs is 1. The highest BCUT2D eigenvalue weighted by molar-refractivity contribution is 7.15. The van der Waals surface area contributed by atoms with E-state index in [1.54, 1.807) is 30.5 Å². The number of ether oxygens (including phenoxy) is 1. The fraction of sp³-hybridized carbons (Fsp3) is 0.0769. The summed E-state index contributed by atoms with van der Waals surface area (Å²) in [5.74, 6) is -1.43. The maximum atomic E-state index is 13.4. The topological polar surface area (TPSA) is 91.0 Å². The Morgan fingerprint density at radius 3 is 2.32 bits per heavy atom. The van der Waals surface area contributed by atoms with Crippen molar-refractivity contribution in [2.75, 3.05) is 0 Å². The third-order valence-electron chi connectivity index (χ3n) is 5.39. The number of alkyl halides is 3. The van der Waals surface area contributed by atoms with Gasteiger partial charge in [0, 0.05) is 28.6 Å². The van der Waals surface area contributed by atoms with Crippen LogP contribution in [0.5, 0.6) is 5.75 Å². The van der Waals surface area contributed by atoms with Gasteiger partial charge in [-0.15, -0.1) is 24.5 Å². The lowest BCUT2D eigenvalue weighted by molar-refractivity contribution is -0.274. The minimum atomic E-state index is -4.77. The Morgan fingerprint density at radius 1 is 0.946 bits per heavy atom. The molecule has 186 valence electrons. The van der Waals surface area contributed by atoms with E-state index < -0.39 is 12.3 Å². The number of thiazole rings is 1. The van der Waals surface area contributed by atoms with E-state index in [1.807, 2.05) is 6.07 Å². The second kappa shape index (κ2) is 9.58. The molecule has 2 heterocycles. The van der Waals surface area contributed by atoms with Crippen LogP contribution >= 0.6 is 11.3 Å². The Morgan fingerprint density at radius 2 is 1.65 bits per heavy atom. The summed E-state index contributed by atoms with van der Waals surface area (Å²) in [6.45, 7) is 0. The van der Waals surface area contributed by atoms with E-state index in [1.165, 1.54) is 47.7 Å². The summed E-state index contributed by atoms with van der Waals surface area (Å²) in [5, 5.41) is 0.565. The van der Waals surface area contributed by atoms with Crippen LogP contribution in [0.4, 0.5) is 17.6 Å². The van der Waals surface area contributed by atoms with Gasteiger partial charge in [-0.1, -0.05) is 24.3 Å². The first-order valence-electron chi connectivity index (χ1n) is 10.8. The molecule has 0 spiro atoms. The molecule has 0 saturated heterocycles. The Balaban J connectivity index is 1.48. The van der Waals surface area contributed by atoms with Crippen molar-refractivity contribution in [2.45, 2.75) is 12.8 Å². The Hall–Kier alpha value is -4.38. The molecule has 11 heteroatoms. The Bertz CT molecular complexity index is 1600. The summed E-state index contributed by atoms with van der Waals surface area (Å²) in [6.07, 6.45) is -2.97. The average Bonchev–Trinajstić information content (AvgIpc) is 3.32. The minimum absolute atomic E-state index is 0.0207. The highest BCUT2D eigenvalue weighted by Gasteiger charge is 2.31. The van der Waals surface area contributed by atoms with E-state index in [9.17, 15) is 22.4 Å². The van der Waals surface area contributed by atoms with Gasteiger partial charge in [-0.2, -0.15) is 0 Å². The van der Waals surface area contributed by atoms with Gasteiger partial charge in [0.15, 0.2) is 5.69 Å². The van der Waals surface area contributed by atoms with Crippen LogP contribution in [0.1, 0.15) is 21.1 Å². The third kappa shape index (κ3) is 5.41. The monoisotopic (exact) mass is 524 g/mol. The number of carbonyl (C=O) groups is 1. The van der Waals surface area contributed by atoms with Crippen molar-refractivity contribution in [1.82, 2.24) is 15.0 Å². The van der Waals surface area contributed by atoms with Crippen LogP contribution in [0.3, 0.4) is 0 Å². The zero-order valence-corrected chi connectivity index (χ0v) is 19.6. The number of aromatic nitrogens is 3. The second-order valence-corrected chi connectivity index (χ2v) is 9.06. The summed E-state index contributed by atoms with van der Waals surface area (Å²) in [4.78, 5) is 26.4. The summed E-state index contributed by atoms with van der Waals surface area (Å²) in [6, 6.07) is 16.6. The zero-order valence-electron chi connectivity index (χ0n) is 18.8. The molecular formula is C26H16F4N4O2S. The SMILES string of the molecule is NC(=O)c1nc2cccc(-c3ccc(F)cc3)c2nc1Cc1cnc(-c2ccc(OC(F)(F)F)cc2)s1. The molecule has 0 unspecified atom stereocenters. The first-order valence-corrected chi connectivity index (χ1v) is 11.6. The first-order chi connectivity index (χ1) is 17.7. The van der Waals surface area contributed by atoms with Crippen LogP contribution in [-0.4, -0.2) is 27.2 Å². The number of hydrogen-bond donors (Lipinski definition) is 1. The van der Waals surface area contributed by atoms with Crippen molar-refractivity contribution in [2.24, 2.45) is 5.73 Å². The van der Waals surface area contributed by atoms with Crippen LogP contribution in [0.15, 0.2) is 72.9 Å². The van der Waals surface area contributed by atoms with Gasteiger partial charge in [-0.05, 0) is 48.0 Å². The number of carbonyl (C=O) groups excluding carboxylic acids is 1. The molecule has 0 saturated carbocycles. The van der Waals surface area contributed by atoms with E-state index in [0.29, 0.717) is 32.9 Å². The Labute approximate surface area is 211 Å². The van der Waals surface area contributed by atoms with Crippen LogP contribution in [-0.2, 0) is 6.42 Å². The number of benzene rings is 3. The minimum Gasteiger partial charge on any atom is -0.406 e. The third-order valence-corrected chi connectivity index (χ3v) is 6.43. The van der Waals surface area contributed by atoms with Gasteiger partial charge in [0.1, 0.15) is 16.6 Å². The van der Waals surface area contributed by atoms with Gasteiger partial charge in [-0.25, -0.2) is 19.3 Å². The lowest BCUT2D eigenvalue weighted by atomic mass is 10.0. The molecule has 0 bridgehead atoms. The summed E-state index contributed by atoms with van der Waals surface area (Å²) < 4.78 is 54.6. The first kappa shape index (κ1) is 24.3. The molecule has 1 amide bonds. The van der Waals surface area contributed by atoms with Gasteiger partial charge in [0.05, 0.1) is 16.7 Å². The number of nitrogens with zero attached hydrogens (tertiary/aromatic N) is 3. The van der Waals surface area contributed by atoms with Crippen LogP contribution in [0, 0.1) is 5.82 Å². The maximum Gasteiger partial charge on any atom is 0.573 e. The van der Waals surface area contributed by atoms with Gasteiger partial charge in [0.25, 0.3) is 5.91 Å². The van der Waals surface area contributed by atoms with Crippen molar-refractivity contribution < 1.29 is 27.1 Å². The van der Waals surface area contributed by atoms with Gasteiger partial charge < -0.3 is 10.5 Å². The summed E-state index contributed by atoms with van der Waals surface area (Å²) in [5.41, 5.74) is 9.00. The summed E-state index contributed by atoms with van der Waals surface area (Å²) in [7, 11) is 0. The standard InChI is InChI=1S/C26H16F4N4O2S/c27-16-8-4-14(5-9-16)19-2-1-3-20-22(19)34-21(23(33-20)24(31)35)12-18-13-32-25(37-18)15-6-10-17(11-7-15)36-26(28,29)30/h1-11,13H,12H2,(H2,31,35). The van der Waals surface area contributed by atoms with Crippen molar-refractivity contribution >= 4 is 28.3 Å². The van der Waals surface area contributed by atoms with Gasteiger partial charge in [0.2, 0.25) is 0 Å². The van der Waals surface area contributed by atoms with Crippen LogP contribution in [0.25, 0.3) is 32.7 Å². The van der Waals surface area contributed by atoms with Crippen LogP contribution < -0.4 is 10.5 Å². The highest BCUT2D eigenvalue weighted by atomic mass is 32.1. The van der Waals surface area contributed by atoms with E-state index in [2.05, 4.69) is 14.7 Å². The summed E-state index contributed by atoms with van der Waals surface area (Å²) >= 11 is 1.29. The van der Waals surface area contributed by atoms with E-state index in [4.69, 9.17) is 10.7 Å². The average molecular weight is 524 g/mol. The van der Waals surface area contributed by atoms with Crippen molar-refractivity contribution in [3.8, 4) is 27.4 Å². The molecular weight excluding hydrogens is 508 g/mol. The molecule has 5 aromatic rings. The fourth-order valence-corrected chi connectivity index (χ4v) is 4.70. The lowest BCUT2D eigenvalue weighted by Gasteiger charge is -2.10. The number of para-hydroxylation sites is 1. The predicted octanol–water partition coefficient (Wildman–Crippen LogP) is 6.15. The number of rotatable bonds is 6. The second-order valence-electron chi connectivity index (χ2n) is 7.94. The number of hydrogen-bond acceptors (Lipinski definition) is 6. The molecule has 2 aromatic heterocycles. The molecule has 5 rings (SSSR count). The number of nitrogens with two attached hydrogens (primary N) is 1. The van der Waals surface area contributed by atoms with E-state index >= 15 is 0 Å². The molecule has 0 atom stereocenters. The van der Waals surface area contributed by atoms with E-state index in [0.717, 1.165) is 10.4 Å². The molecule has 0 aliphatic carbocycles. The normalized spacial score (nSPS) is 11.6. The molecule has 37 heavy (non-hydrogen) atoms. The fourth-order valence-electron chi connectivity index (χ4n) is 3.78. The Kier molecular flexibility index (Phi) is 6.30. The quantitative estimate of drug-likeness (QED) is 0.269. The molecule has 0 fully saturated rings. The highest BCUT2D eigenvalue weighted by Crippen LogP contribution is 2.31. The van der Waals surface area contributed by atoms with Gasteiger partial charge >= 0.3 is 6.36 Å². The smallest absolute Gasteiger partial charge is 0.406 e. The zero-order chi connectivity index (χ0) is 26.2. The number of halogens is 4. The largest absolute Gasteiger partial charge is 0.573 e. The number of amides is 1. The molecule has 2 N–H and O–H groups in total. The molecule has 6 nitrogen and oxygen atoms in total. The lowest BCUT2D eigenvalue weighted by Crippen LogP contribution is -2.17. The number of primary amides is 1. The molecule has 0 radical (unpaired) electrons.